The van der Waals surface area contributed by atoms with Crippen molar-refractivity contribution in [3.8, 4) is 0 Å². The number of anilines is 1. The van der Waals surface area contributed by atoms with Crippen LogP contribution in [0.4, 0.5) is 46.5 Å². The molecule has 2 aromatic rings. The first-order valence-corrected chi connectivity index (χ1v) is 16.4. The number of hydrogen-bond donors (Lipinski definition) is 3. The van der Waals surface area contributed by atoms with Gasteiger partial charge < -0.3 is 15.5 Å². The number of fused-ring (bicyclic) bond motifs is 2. The maximum atomic E-state index is 14.3. The van der Waals surface area contributed by atoms with Gasteiger partial charge in [0.25, 0.3) is 0 Å². The molecule has 2 aliphatic rings. The van der Waals surface area contributed by atoms with Gasteiger partial charge in [-0.05, 0) is 81.5 Å². The van der Waals surface area contributed by atoms with Crippen molar-refractivity contribution < 1.29 is 54.9 Å². The highest BCUT2D eigenvalue weighted by molar-refractivity contribution is 6.09. The van der Waals surface area contributed by atoms with E-state index in [-0.39, 0.29) is 53.9 Å². The number of unbranched alkanes of at least 4 members (excludes halogenated alkanes) is 4. The van der Waals surface area contributed by atoms with E-state index >= 15 is 0 Å². The molecule has 0 radical (unpaired) electrons. The molecule has 2 aliphatic heterocycles. The largest absolute Gasteiger partial charge is 0.481 e. The summed E-state index contributed by atoms with van der Waals surface area (Å²) in [6, 6.07) is 2.79. The highest BCUT2D eigenvalue weighted by Gasteiger charge is 2.48. The molecule has 14 heteroatoms. The summed E-state index contributed by atoms with van der Waals surface area (Å²) in [5.74, 6) is -4.16. The Labute approximate surface area is 289 Å². The molecular formula is C37H38F8N2O4. The standard InChI is InChI=1S/C37H38F8N2O4/c1-34(16-10-4-8-14-30(48)49)28(46-26-20-22(38)18-24(32(26)34)36(40,41)42)12-6-3-7-13-29-35(2,17-11-5-9-15-31(50)51)33-25(37(43,44)45)19-23(39)21-27(33)47-29/h3,6-7,12-13,18-21,46H,4-5,8-11,14-17H2,1-2H3,(H,48,49)(H,50,51)/b6-3+,13-7+,28-12+. The molecule has 0 spiro atoms. The molecule has 0 saturated carbocycles. The van der Waals surface area contributed by atoms with Crippen LogP contribution in [0.5, 0.6) is 0 Å². The summed E-state index contributed by atoms with van der Waals surface area (Å²) in [5, 5.41) is 20.8. The lowest BCUT2D eigenvalue weighted by Gasteiger charge is -2.29. The van der Waals surface area contributed by atoms with E-state index in [4.69, 9.17) is 10.2 Å². The SMILES string of the molecule is CC1(CCCCCC(=O)O)C(/C=C/C=C/C=C2/Nc3cc(F)cc(C(F)(F)F)c3C2(C)CCCCCC(=O)O)=Nc2cc(F)cc(C(F)(F)F)c21. The van der Waals surface area contributed by atoms with Crippen LogP contribution in [0.1, 0.15) is 100 Å². The summed E-state index contributed by atoms with van der Waals surface area (Å²) in [6.45, 7) is 3.16. The Kier molecular flexibility index (Phi) is 11.9. The number of rotatable bonds is 15. The van der Waals surface area contributed by atoms with Gasteiger partial charge in [0, 0.05) is 40.6 Å². The number of carboxylic acid groups (broad SMARTS) is 2. The van der Waals surface area contributed by atoms with Crippen molar-refractivity contribution in [1.29, 1.82) is 0 Å². The van der Waals surface area contributed by atoms with Crippen LogP contribution in [0.15, 0.2) is 65.3 Å². The molecule has 0 fully saturated rings. The summed E-state index contributed by atoms with van der Waals surface area (Å²) in [4.78, 5) is 26.2. The van der Waals surface area contributed by atoms with Crippen molar-refractivity contribution >= 4 is 29.0 Å². The summed E-state index contributed by atoms with van der Waals surface area (Å²) in [6.07, 6.45) is 0.195. The Hall–Kier alpha value is -4.49. The van der Waals surface area contributed by atoms with Crippen molar-refractivity contribution in [2.75, 3.05) is 5.32 Å². The number of carbonyl (C=O) groups is 2. The molecule has 0 bridgehead atoms. The van der Waals surface area contributed by atoms with Gasteiger partial charge in [-0.15, -0.1) is 0 Å². The van der Waals surface area contributed by atoms with E-state index in [0.717, 1.165) is 12.1 Å². The van der Waals surface area contributed by atoms with E-state index in [1.807, 2.05) is 0 Å². The lowest BCUT2D eigenvalue weighted by atomic mass is 9.73. The van der Waals surface area contributed by atoms with Gasteiger partial charge in [0.15, 0.2) is 0 Å². The molecule has 276 valence electrons. The zero-order valence-electron chi connectivity index (χ0n) is 27.9. The summed E-state index contributed by atoms with van der Waals surface area (Å²) >= 11 is 0. The zero-order chi connectivity index (χ0) is 37.8. The quantitative estimate of drug-likeness (QED) is 0.0964. The topological polar surface area (TPSA) is 99.0 Å². The number of allylic oxidation sites excluding steroid dienone is 6. The summed E-state index contributed by atoms with van der Waals surface area (Å²) < 4.78 is 113. The lowest BCUT2D eigenvalue weighted by Crippen LogP contribution is -2.31. The van der Waals surface area contributed by atoms with Gasteiger partial charge in [-0.2, -0.15) is 26.3 Å². The number of carboxylic acids is 2. The minimum Gasteiger partial charge on any atom is -0.481 e. The van der Waals surface area contributed by atoms with Crippen molar-refractivity contribution in [3.05, 3.63) is 94.2 Å². The van der Waals surface area contributed by atoms with E-state index in [2.05, 4.69) is 10.3 Å². The van der Waals surface area contributed by atoms with Crippen molar-refractivity contribution in [2.24, 2.45) is 4.99 Å². The Bertz CT molecular complexity index is 1780. The van der Waals surface area contributed by atoms with Crippen LogP contribution in [-0.4, -0.2) is 27.9 Å². The van der Waals surface area contributed by atoms with Gasteiger partial charge in [0.2, 0.25) is 0 Å². The van der Waals surface area contributed by atoms with Crippen LogP contribution >= 0.6 is 0 Å². The molecule has 2 atom stereocenters. The minimum atomic E-state index is -4.87. The van der Waals surface area contributed by atoms with Gasteiger partial charge in [-0.1, -0.05) is 43.9 Å². The zero-order valence-corrected chi connectivity index (χ0v) is 27.9. The molecular weight excluding hydrogens is 688 g/mol. The fraction of sp³-hybridized carbons (Fsp3) is 0.432. The van der Waals surface area contributed by atoms with Crippen LogP contribution in [0.3, 0.4) is 0 Å². The number of benzene rings is 2. The monoisotopic (exact) mass is 726 g/mol. The van der Waals surface area contributed by atoms with E-state index in [0.29, 0.717) is 56.4 Å². The van der Waals surface area contributed by atoms with Crippen LogP contribution < -0.4 is 5.32 Å². The highest BCUT2D eigenvalue weighted by Crippen LogP contribution is 2.53. The van der Waals surface area contributed by atoms with E-state index in [1.165, 1.54) is 30.4 Å². The third kappa shape index (κ3) is 9.06. The molecule has 0 aliphatic carbocycles. The fourth-order valence-electron chi connectivity index (χ4n) is 6.99. The molecule has 6 nitrogen and oxygen atoms in total. The summed E-state index contributed by atoms with van der Waals surface area (Å²) in [7, 11) is 0. The maximum Gasteiger partial charge on any atom is 0.416 e. The first-order valence-electron chi connectivity index (χ1n) is 16.4. The van der Waals surface area contributed by atoms with Crippen LogP contribution in [0.2, 0.25) is 0 Å². The maximum absolute atomic E-state index is 14.3. The fourth-order valence-corrected chi connectivity index (χ4v) is 6.99. The van der Waals surface area contributed by atoms with Crippen LogP contribution in [-0.2, 0) is 32.8 Å². The molecule has 2 unspecified atom stereocenters. The second-order valence-electron chi connectivity index (χ2n) is 13.2. The number of hydrogen-bond acceptors (Lipinski definition) is 4. The second-order valence-corrected chi connectivity index (χ2v) is 13.2. The Morgan fingerprint density at radius 1 is 0.725 bits per heavy atom. The average molecular weight is 727 g/mol. The third-order valence-corrected chi connectivity index (χ3v) is 9.44. The molecule has 3 N–H and O–H groups in total. The van der Waals surface area contributed by atoms with Crippen LogP contribution in [0, 0.1) is 11.6 Å². The van der Waals surface area contributed by atoms with Gasteiger partial charge >= 0.3 is 24.3 Å². The Balaban J connectivity index is 1.64. The first-order chi connectivity index (χ1) is 23.8. The normalized spacial score (nSPS) is 21.0. The van der Waals surface area contributed by atoms with Crippen molar-refractivity contribution in [2.45, 2.75) is 101 Å². The van der Waals surface area contributed by atoms with E-state index in [1.54, 1.807) is 13.8 Å². The lowest BCUT2D eigenvalue weighted by molar-refractivity contribution is -0.139. The molecule has 0 aromatic heterocycles. The molecule has 51 heavy (non-hydrogen) atoms. The number of nitrogens with zero attached hydrogens (tertiary/aromatic N) is 1. The van der Waals surface area contributed by atoms with Gasteiger partial charge in [-0.3, -0.25) is 14.6 Å². The smallest absolute Gasteiger partial charge is 0.416 e. The predicted molar refractivity (Wildman–Crippen MR) is 176 cm³/mol. The highest BCUT2D eigenvalue weighted by atomic mass is 19.4. The van der Waals surface area contributed by atoms with E-state index in [9.17, 15) is 44.7 Å². The second kappa shape index (κ2) is 15.4. The molecule has 4 rings (SSSR count). The number of halogens is 8. The predicted octanol–water partition coefficient (Wildman–Crippen LogP) is 10.8. The molecule has 0 amide bonds. The number of aliphatic imine (C=N–C) groups is 1. The summed E-state index contributed by atoms with van der Waals surface area (Å²) in [5.41, 5.74) is -4.80. The van der Waals surface area contributed by atoms with Gasteiger partial charge in [-0.25, -0.2) is 8.78 Å². The van der Waals surface area contributed by atoms with Gasteiger partial charge in [0.05, 0.1) is 22.5 Å². The molecule has 2 aromatic carbocycles. The van der Waals surface area contributed by atoms with Crippen LogP contribution in [0.25, 0.3) is 0 Å². The molecule has 2 heterocycles. The minimum absolute atomic E-state index is 0.0459. The number of alkyl halides is 6. The number of nitrogens with one attached hydrogen (secondary N) is 1. The Morgan fingerprint density at radius 2 is 1.25 bits per heavy atom. The number of aliphatic carboxylic acids is 2. The van der Waals surface area contributed by atoms with E-state index < -0.39 is 57.9 Å². The average Bonchev–Trinajstić information content (AvgIpc) is 3.44. The van der Waals surface area contributed by atoms with Crippen molar-refractivity contribution in [1.82, 2.24) is 0 Å². The molecule has 0 saturated heterocycles. The Morgan fingerprint density at radius 3 is 1.80 bits per heavy atom. The van der Waals surface area contributed by atoms with Gasteiger partial charge in [0.1, 0.15) is 11.6 Å². The first kappa shape index (κ1) is 39.3. The third-order valence-electron chi connectivity index (χ3n) is 9.44. The van der Waals surface area contributed by atoms with Crippen molar-refractivity contribution in [3.63, 3.8) is 0 Å².